The summed E-state index contributed by atoms with van der Waals surface area (Å²) in [6.07, 6.45) is -10.0. The summed E-state index contributed by atoms with van der Waals surface area (Å²) in [5, 5.41) is 11.9. The fourth-order valence-electron chi connectivity index (χ4n) is 4.49. The fraction of sp³-hybridized carbons (Fsp3) is 0.357. The Labute approximate surface area is 256 Å². The lowest BCUT2D eigenvalue weighted by Gasteiger charge is -2.24. The molecule has 4 aromatic rings. The van der Waals surface area contributed by atoms with Crippen LogP contribution in [-0.2, 0) is 36.9 Å². The van der Waals surface area contributed by atoms with Crippen molar-refractivity contribution in [3.8, 4) is 16.9 Å². The number of rotatable bonds is 9. The second kappa shape index (κ2) is 12.6. The first-order chi connectivity index (χ1) is 20.1. The van der Waals surface area contributed by atoms with Gasteiger partial charge in [-0.1, -0.05) is 47.6 Å². The van der Waals surface area contributed by atoms with Crippen LogP contribution in [0.15, 0.2) is 42.5 Å². The number of benzene rings is 2. The maximum atomic E-state index is 14.8. The van der Waals surface area contributed by atoms with Crippen molar-refractivity contribution >= 4 is 28.5 Å². The highest BCUT2D eigenvalue weighted by Gasteiger charge is 2.37. The number of anilines is 1. The molecule has 2 aromatic heterocycles. The van der Waals surface area contributed by atoms with Crippen LogP contribution in [0.5, 0.6) is 5.75 Å². The molecule has 2 heterocycles. The Morgan fingerprint density at radius 2 is 1.58 bits per heavy atom. The molecule has 0 fully saturated rings. The maximum Gasteiger partial charge on any atom is 0.416 e. The van der Waals surface area contributed by atoms with E-state index in [0.717, 1.165) is 4.80 Å². The zero-order valence-corrected chi connectivity index (χ0v) is 25.5. The number of hydrogen-bond acceptors (Lipinski definition) is 6. The van der Waals surface area contributed by atoms with E-state index in [1.165, 1.54) is 25.1 Å². The molecule has 0 atom stereocenters. The number of alkyl halides is 7. The van der Waals surface area contributed by atoms with E-state index in [4.69, 9.17) is 9.72 Å². The van der Waals surface area contributed by atoms with Gasteiger partial charge >= 0.3 is 12.4 Å². The number of tetrazole rings is 1. The molecule has 230 valence electrons. The molecule has 0 bridgehead atoms. The molecular weight excluding hydrogens is 696 g/mol. The van der Waals surface area contributed by atoms with Crippen LogP contribution in [0.25, 0.3) is 11.1 Å². The summed E-state index contributed by atoms with van der Waals surface area (Å²) >= 11 is 2.12. The second-order valence-corrected chi connectivity index (χ2v) is 10.8. The monoisotopic (exact) mass is 722 g/mol. The molecular formula is C28H26F7IN6O. The van der Waals surface area contributed by atoms with Crippen LogP contribution in [0.3, 0.4) is 0 Å². The molecule has 0 saturated heterocycles. The zero-order chi connectivity index (χ0) is 31.7. The van der Waals surface area contributed by atoms with E-state index >= 15 is 0 Å². The van der Waals surface area contributed by atoms with Gasteiger partial charge in [-0.15, -0.1) is 5.10 Å². The highest BCUT2D eigenvalue weighted by atomic mass is 127. The first-order valence-electron chi connectivity index (χ1n) is 12.8. The minimum atomic E-state index is -5.01. The summed E-state index contributed by atoms with van der Waals surface area (Å²) in [7, 11) is 2.86. The van der Waals surface area contributed by atoms with Crippen molar-refractivity contribution in [1.29, 1.82) is 0 Å². The van der Waals surface area contributed by atoms with E-state index in [0.29, 0.717) is 44.6 Å². The first-order valence-corrected chi connectivity index (χ1v) is 14.3. The molecule has 0 N–H and O–H groups in total. The summed E-state index contributed by atoms with van der Waals surface area (Å²) in [5.41, 5.74) is -0.626. The molecule has 0 aliphatic heterocycles. The number of pyridine rings is 1. The lowest BCUT2D eigenvalue weighted by molar-refractivity contribution is -0.143. The number of aromatic nitrogens is 5. The SMILES string of the molecule is COc1cc(F)c(C(C)C)cc1-c1ccc(CI)nc1CN(Cc1cc(C(F)(F)F)cc(C(F)(F)F)c1)c1nnn(C)n1. The van der Waals surface area contributed by atoms with Crippen molar-refractivity contribution in [2.24, 2.45) is 7.05 Å². The van der Waals surface area contributed by atoms with Crippen LogP contribution >= 0.6 is 22.6 Å². The summed E-state index contributed by atoms with van der Waals surface area (Å²) in [5.74, 6) is -0.442. The van der Waals surface area contributed by atoms with Crippen molar-refractivity contribution < 1.29 is 35.5 Å². The number of halogens is 8. The molecule has 7 nitrogen and oxygen atoms in total. The second-order valence-electron chi connectivity index (χ2n) is 10.0. The Bertz CT molecular complexity index is 1570. The number of ether oxygens (including phenoxy) is 1. The average molecular weight is 722 g/mol. The largest absolute Gasteiger partial charge is 0.496 e. The first kappa shape index (κ1) is 32.4. The molecule has 0 aliphatic rings. The molecule has 4 rings (SSSR count). The van der Waals surface area contributed by atoms with E-state index in [2.05, 4.69) is 38.0 Å². The number of aryl methyl sites for hydroxylation is 1. The maximum absolute atomic E-state index is 14.8. The minimum absolute atomic E-state index is 0.0463. The Hall–Kier alpha value is -3.50. The smallest absolute Gasteiger partial charge is 0.416 e. The van der Waals surface area contributed by atoms with E-state index in [1.807, 2.05) is 13.8 Å². The molecule has 0 radical (unpaired) electrons. The third-order valence-electron chi connectivity index (χ3n) is 6.54. The van der Waals surface area contributed by atoms with Crippen LogP contribution in [0.1, 0.15) is 53.4 Å². The third-order valence-corrected chi connectivity index (χ3v) is 7.32. The summed E-state index contributed by atoms with van der Waals surface area (Å²) < 4.78 is 102. The topological polar surface area (TPSA) is 69.0 Å². The molecule has 0 aliphatic carbocycles. The molecule has 0 spiro atoms. The molecule has 43 heavy (non-hydrogen) atoms. The average Bonchev–Trinajstić information content (AvgIpc) is 3.37. The normalized spacial score (nSPS) is 12.2. The number of hydrogen-bond donors (Lipinski definition) is 0. The van der Waals surface area contributed by atoms with Gasteiger partial charge in [-0.05, 0) is 52.6 Å². The van der Waals surface area contributed by atoms with Crippen molar-refractivity contribution in [2.75, 3.05) is 12.0 Å². The van der Waals surface area contributed by atoms with Gasteiger partial charge in [-0.25, -0.2) is 4.39 Å². The van der Waals surface area contributed by atoms with Crippen LogP contribution in [0.2, 0.25) is 0 Å². The van der Waals surface area contributed by atoms with Gasteiger partial charge in [0.15, 0.2) is 0 Å². The number of methoxy groups -OCH3 is 1. The summed E-state index contributed by atoms with van der Waals surface area (Å²) in [4.78, 5) is 7.22. The van der Waals surface area contributed by atoms with Crippen molar-refractivity contribution in [2.45, 2.75) is 49.6 Å². The predicted molar refractivity (Wildman–Crippen MR) is 153 cm³/mol. The van der Waals surface area contributed by atoms with Crippen LogP contribution in [0.4, 0.5) is 36.7 Å². The molecule has 15 heteroatoms. The molecule has 2 aromatic carbocycles. The number of nitrogens with zero attached hydrogens (tertiary/aromatic N) is 6. The lowest BCUT2D eigenvalue weighted by Crippen LogP contribution is -2.25. The third kappa shape index (κ3) is 7.54. The van der Waals surface area contributed by atoms with E-state index in [1.54, 1.807) is 18.2 Å². The van der Waals surface area contributed by atoms with Gasteiger partial charge in [0.25, 0.3) is 5.95 Å². The van der Waals surface area contributed by atoms with Gasteiger partial charge in [-0.3, -0.25) is 4.98 Å². The van der Waals surface area contributed by atoms with Crippen molar-refractivity contribution in [3.05, 3.63) is 81.9 Å². The Morgan fingerprint density at radius 3 is 2.09 bits per heavy atom. The van der Waals surface area contributed by atoms with Gasteiger partial charge in [0.2, 0.25) is 0 Å². The van der Waals surface area contributed by atoms with E-state index in [9.17, 15) is 30.7 Å². The standard InChI is InChI=1S/C28H26F7IN6O/c1-15(2)21-10-22(25(43-4)11-23(21)29)20-6-5-19(12-36)37-24(20)14-42(26-38-40-41(3)39-26)13-16-7-17(27(30,31)32)9-18(8-16)28(33,34)35/h5-11,15H,12-14H2,1-4H3. The summed E-state index contributed by atoms with van der Waals surface area (Å²) in [6.45, 7) is 3.09. The quantitative estimate of drug-likeness (QED) is 0.100. The predicted octanol–water partition coefficient (Wildman–Crippen LogP) is 7.72. The van der Waals surface area contributed by atoms with Crippen molar-refractivity contribution in [1.82, 2.24) is 25.2 Å². The zero-order valence-electron chi connectivity index (χ0n) is 23.4. The highest BCUT2D eigenvalue weighted by molar-refractivity contribution is 14.1. The molecule has 0 unspecified atom stereocenters. The van der Waals surface area contributed by atoms with Crippen LogP contribution in [-0.4, -0.2) is 32.3 Å². The van der Waals surface area contributed by atoms with E-state index < -0.39 is 35.8 Å². The van der Waals surface area contributed by atoms with Crippen LogP contribution < -0.4 is 9.64 Å². The molecule has 0 saturated carbocycles. The van der Waals surface area contributed by atoms with Gasteiger partial charge in [0.05, 0.1) is 43.2 Å². The van der Waals surface area contributed by atoms with Crippen LogP contribution in [0, 0.1) is 5.82 Å². The Balaban J connectivity index is 1.87. The molecule has 0 amide bonds. The van der Waals surface area contributed by atoms with Gasteiger partial charge in [0.1, 0.15) is 11.6 Å². The fourth-order valence-corrected chi connectivity index (χ4v) is 4.91. The van der Waals surface area contributed by atoms with Gasteiger partial charge < -0.3 is 9.64 Å². The highest BCUT2D eigenvalue weighted by Crippen LogP contribution is 2.39. The Morgan fingerprint density at radius 1 is 0.930 bits per heavy atom. The van der Waals surface area contributed by atoms with Gasteiger partial charge in [-0.2, -0.15) is 31.1 Å². The minimum Gasteiger partial charge on any atom is -0.496 e. The Kier molecular flexibility index (Phi) is 9.51. The lowest BCUT2D eigenvalue weighted by atomic mass is 9.94. The van der Waals surface area contributed by atoms with Gasteiger partial charge in [0, 0.05) is 28.2 Å². The van der Waals surface area contributed by atoms with Crippen molar-refractivity contribution in [3.63, 3.8) is 0 Å². The van der Waals surface area contributed by atoms with E-state index in [-0.39, 0.29) is 35.8 Å². The summed E-state index contributed by atoms with van der Waals surface area (Å²) in [6, 6.07) is 7.85.